The van der Waals surface area contributed by atoms with E-state index in [4.69, 9.17) is 5.73 Å². The van der Waals surface area contributed by atoms with Crippen molar-refractivity contribution in [1.29, 1.82) is 0 Å². The fourth-order valence-electron chi connectivity index (χ4n) is 1.72. The average Bonchev–Trinajstić information content (AvgIpc) is 2.17. The van der Waals surface area contributed by atoms with Crippen molar-refractivity contribution < 1.29 is 0 Å². The molecule has 0 aromatic heterocycles. The molecule has 1 aliphatic rings. The lowest BCUT2D eigenvalue weighted by Gasteiger charge is -2.29. The monoisotopic (exact) mass is 284 g/mol. The zero-order valence-electron chi connectivity index (χ0n) is 8.53. The number of hydrogen-bond donors (Lipinski definition) is 1. The van der Waals surface area contributed by atoms with Crippen LogP contribution in [0.1, 0.15) is 18.9 Å². The predicted molar refractivity (Wildman–Crippen MR) is 70.2 cm³/mol. The number of aliphatic imine (C=N–C) groups is 1. The first-order valence-electron chi connectivity index (χ1n) is 4.84. The van der Waals surface area contributed by atoms with Gasteiger partial charge in [-0.2, -0.15) is 0 Å². The molecule has 0 aliphatic carbocycles. The summed E-state index contributed by atoms with van der Waals surface area (Å²) in [5.41, 5.74) is 6.86. The van der Waals surface area contributed by atoms with Crippen LogP contribution in [0.15, 0.2) is 33.7 Å². The summed E-state index contributed by atoms with van der Waals surface area (Å²) in [6.07, 6.45) is 1.04. The number of rotatable bonds is 1. The Balaban J connectivity index is 2.41. The minimum Gasteiger partial charge on any atom is -0.379 e. The zero-order valence-corrected chi connectivity index (χ0v) is 10.9. The molecular formula is C11H13BrN2S. The molecule has 0 saturated heterocycles. The van der Waals surface area contributed by atoms with Crippen LogP contribution in [0.25, 0.3) is 0 Å². The first-order chi connectivity index (χ1) is 7.10. The summed E-state index contributed by atoms with van der Waals surface area (Å²) < 4.78 is 1.09. The van der Waals surface area contributed by atoms with E-state index in [1.165, 1.54) is 5.56 Å². The van der Waals surface area contributed by atoms with Crippen molar-refractivity contribution in [3.05, 3.63) is 34.3 Å². The largest absolute Gasteiger partial charge is 0.379 e. The van der Waals surface area contributed by atoms with Crippen LogP contribution in [0.3, 0.4) is 0 Å². The van der Waals surface area contributed by atoms with Crippen LogP contribution in [0.5, 0.6) is 0 Å². The molecule has 0 fully saturated rings. The Labute approximate surface area is 102 Å². The third-order valence-electron chi connectivity index (χ3n) is 2.64. The maximum atomic E-state index is 5.79. The molecule has 80 valence electrons. The van der Waals surface area contributed by atoms with Gasteiger partial charge >= 0.3 is 0 Å². The molecule has 0 unspecified atom stereocenters. The maximum Gasteiger partial charge on any atom is 0.154 e. The molecule has 0 saturated carbocycles. The Kier molecular flexibility index (Phi) is 3.07. The highest BCUT2D eigenvalue weighted by Gasteiger charge is 2.29. The first-order valence-corrected chi connectivity index (χ1v) is 6.62. The first kappa shape index (κ1) is 11.0. The van der Waals surface area contributed by atoms with Gasteiger partial charge in [-0.3, -0.25) is 4.99 Å². The molecule has 1 heterocycles. The highest BCUT2D eigenvalue weighted by molar-refractivity contribution is 9.10. The number of halogens is 1. The van der Waals surface area contributed by atoms with E-state index in [1.807, 2.05) is 12.1 Å². The normalized spacial score (nSPS) is 26.1. The molecule has 0 amide bonds. The third kappa shape index (κ3) is 2.37. The van der Waals surface area contributed by atoms with Crippen molar-refractivity contribution >= 4 is 32.9 Å². The van der Waals surface area contributed by atoms with E-state index >= 15 is 0 Å². The van der Waals surface area contributed by atoms with Gasteiger partial charge in [-0.1, -0.05) is 39.8 Å². The van der Waals surface area contributed by atoms with Gasteiger partial charge in [-0.05, 0) is 31.0 Å². The second-order valence-electron chi connectivity index (χ2n) is 3.83. The Hall–Kier alpha value is -0.480. The van der Waals surface area contributed by atoms with Crippen molar-refractivity contribution in [2.45, 2.75) is 18.9 Å². The number of thioether (sulfide) groups is 1. The zero-order chi connectivity index (χ0) is 10.9. The highest BCUT2D eigenvalue weighted by atomic mass is 79.9. The van der Waals surface area contributed by atoms with Crippen molar-refractivity contribution in [3.63, 3.8) is 0 Å². The van der Waals surface area contributed by atoms with E-state index in [1.54, 1.807) is 11.8 Å². The van der Waals surface area contributed by atoms with Crippen LogP contribution in [0.2, 0.25) is 0 Å². The van der Waals surface area contributed by atoms with Crippen LogP contribution in [0.4, 0.5) is 0 Å². The van der Waals surface area contributed by atoms with Gasteiger partial charge in [0.25, 0.3) is 0 Å². The number of benzene rings is 1. The van der Waals surface area contributed by atoms with Crippen LogP contribution in [0, 0.1) is 0 Å². The summed E-state index contributed by atoms with van der Waals surface area (Å²) >= 11 is 5.12. The minimum atomic E-state index is -0.154. The Morgan fingerprint density at radius 1 is 1.53 bits per heavy atom. The van der Waals surface area contributed by atoms with Gasteiger partial charge in [0.05, 0.1) is 5.54 Å². The summed E-state index contributed by atoms with van der Waals surface area (Å²) in [5, 5.41) is 0.698. The molecule has 0 radical (unpaired) electrons. The van der Waals surface area contributed by atoms with E-state index in [9.17, 15) is 0 Å². The summed E-state index contributed by atoms with van der Waals surface area (Å²) in [7, 11) is 0. The fraction of sp³-hybridized carbons (Fsp3) is 0.364. The van der Waals surface area contributed by atoms with E-state index < -0.39 is 0 Å². The van der Waals surface area contributed by atoms with Gasteiger partial charge in [0.15, 0.2) is 5.17 Å². The lowest BCUT2D eigenvalue weighted by molar-refractivity contribution is 0.482. The smallest absolute Gasteiger partial charge is 0.154 e. The Morgan fingerprint density at radius 3 is 3.00 bits per heavy atom. The number of hydrogen-bond acceptors (Lipinski definition) is 3. The second kappa shape index (κ2) is 4.18. The predicted octanol–water partition coefficient (Wildman–Crippen LogP) is 3.12. The molecule has 0 bridgehead atoms. The molecule has 1 atom stereocenters. The summed E-state index contributed by atoms with van der Waals surface area (Å²) in [4.78, 5) is 4.56. The van der Waals surface area contributed by atoms with E-state index in [-0.39, 0.29) is 5.54 Å². The van der Waals surface area contributed by atoms with Gasteiger partial charge in [0.2, 0.25) is 0 Å². The topological polar surface area (TPSA) is 38.4 Å². The van der Waals surface area contributed by atoms with Crippen molar-refractivity contribution in [2.24, 2.45) is 10.7 Å². The lowest BCUT2D eigenvalue weighted by Crippen LogP contribution is -2.28. The summed E-state index contributed by atoms with van der Waals surface area (Å²) in [6, 6.07) is 8.29. The molecule has 2 nitrogen and oxygen atoms in total. The van der Waals surface area contributed by atoms with E-state index in [0.29, 0.717) is 5.17 Å². The molecule has 2 N–H and O–H groups in total. The van der Waals surface area contributed by atoms with Gasteiger partial charge in [0.1, 0.15) is 0 Å². The maximum absolute atomic E-state index is 5.79. The molecule has 1 aliphatic heterocycles. The molecule has 2 rings (SSSR count). The Bertz CT molecular complexity index is 405. The van der Waals surface area contributed by atoms with Gasteiger partial charge in [-0.25, -0.2) is 0 Å². The highest BCUT2D eigenvalue weighted by Crippen LogP contribution is 2.35. The molecule has 0 spiro atoms. The molecule has 1 aromatic carbocycles. The van der Waals surface area contributed by atoms with Crippen LogP contribution in [-0.4, -0.2) is 10.9 Å². The van der Waals surface area contributed by atoms with Crippen molar-refractivity contribution in [2.75, 3.05) is 5.75 Å². The number of amidine groups is 1. The Morgan fingerprint density at radius 2 is 2.33 bits per heavy atom. The molecule has 15 heavy (non-hydrogen) atoms. The fourth-order valence-corrected chi connectivity index (χ4v) is 3.09. The van der Waals surface area contributed by atoms with Gasteiger partial charge < -0.3 is 5.73 Å². The quantitative estimate of drug-likeness (QED) is 0.861. The average molecular weight is 285 g/mol. The van der Waals surface area contributed by atoms with Crippen LogP contribution in [-0.2, 0) is 5.54 Å². The van der Waals surface area contributed by atoms with Gasteiger partial charge in [-0.15, -0.1) is 0 Å². The van der Waals surface area contributed by atoms with Crippen molar-refractivity contribution in [1.82, 2.24) is 0 Å². The van der Waals surface area contributed by atoms with Crippen LogP contribution < -0.4 is 5.73 Å². The number of nitrogens with two attached hydrogens (primary N) is 1. The van der Waals surface area contributed by atoms with E-state index in [0.717, 1.165) is 16.6 Å². The summed E-state index contributed by atoms with van der Waals surface area (Å²) in [5.74, 6) is 1.04. The SMILES string of the molecule is C[C@@]1(c2cccc(Br)c2)CCSC(N)=N1. The summed E-state index contributed by atoms with van der Waals surface area (Å²) in [6.45, 7) is 2.14. The molecule has 1 aromatic rings. The van der Waals surface area contributed by atoms with Crippen LogP contribution >= 0.6 is 27.7 Å². The van der Waals surface area contributed by atoms with Crippen molar-refractivity contribution in [3.8, 4) is 0 Å². The minimum absolute atomic E-state index is 0.154. The second-order valence-corrected chi connectivity index (χ2v) is 5.86. The lowest BCUT2D eigenvalue weighted by atomic mass is 9.90. The molecule has 4 heteroatoms. The molecular weight excluding hydrogens is 272 g/mol. The number of nitrogens with zero attached hydrogens (tertiary/aromatic N) is 1. The standard InChI is InChI=1S/C11H13BrN2S/c1-11(5-6-15-10(13)14-11)8-3-2-4-9(12)7-8/h2-4,7H,5-6H2,1H3,(H2,13,14)/t11-/m0/s1. The van der Waals surface area contributed by atoms with E-state index in [2.05, 4.69) is 40.0 Å². The third-order valence-corrected chi connectivity index (χ3v) is 3.93. The van der Waals surface area contributed by atoms with Gasteiger partial charge in [0, 0.05) is 10.2 Å².